The predicted molar refractivity (Wildman–Crippen MR) is 159 cm³/mol. The quantitative estimate of drug-likeness (QED) is 0.163. The van der Waals surface area contributed by atoms with Gasteiger partial charge in [0.1, 0.15) is 0 Å². The van der Waals surface area contributed by atoms with Crippen molar-refractivity contribution in [3.8, 4) is 0 Å². The first-order chi connectivity index (χ1) is 18.9. The standard InChI is InChI=1S/C35H34N2O2/c1-34(2,29-20-12-7-13-21-29)35(33(38)39-4,24-28-25-37(3)31-23-15-14-22-30(28)31)36-32(26-16-8-5-9-17-26)27-18-10-6-11-19-27/h5-23,25H,24H2,1-4H3. The number of para-hydroxylation sites is 1. The molecule has 0 aliphatic carbocycles. The maximum absolute atomic E-state index is 14.3. The summed E-state index contributed by atoms with van der Waals surface area (Å²) in [5, 5.41) is 1.10. The minimum Gasteiger partial charge on any atom is -0.467 e. The minimum atomic E-state index is -1.28. The van der Waals surface area contributed by atoms with E-state index in [0.717, 1.165) is 38.9 Å². The second kappa shape index (κ2) is 10.7. The summed E-state index contributed by atoms with van der Waals surface area (Å²) in [5.41, 5.74) is 3.80. The van der Waals surface area contributed by atoms with Gasteiger partial charge in [-0.3, -0.25) is 4.99 Å². The summed E-state index contributed by atoms with van der Waals surface area (Å²) in [7, 11) is 3.50. The number of fused-ring (bicyclic) bond motifs is 1. The van der Waals surface area contributed by atoms with Gasteiger partial charge in [0.25, 0.3) is 0 Å². The van der Waals surface area contributed by atoms with Crippen molar-refractivity contribution in [2.24, 2.45) is 12.0 Å². The van der Waals surface area contributed by atoms with Gasteiger partial charge in [-0.05, 0) is 17.2 Å². The molecule has 1 atom stereocenters. The third-order valence-corrected chi connectivity index (χ3v) is 7.88. The van der Waals surface area contributed by atoms with Crippen LogP contribution in [0.25, 0.3) is 10.9 Å². The number of benzene rings is 4. The monoisotopic (exact) mass is 514 g/mol. The number of carbonyl (C=O) groups is 1. The van der Waals surface area contributed by atoms with Gasteiger partial charge in [0.15, 0.2) is 5.54 Å². The highest BCUT2D eigenvalue weighted by molar-refractivity contribution is 6.14. The molecule has 0 aliphatic rings. The first kappa shape index (κ1) is 26.2. The zero-order chi connectivity index (χ0) is 27.5. The van der Waals surface area contributed by atoms with E-state index in [-0.39, 0.29) is 5.97 Å². The SMILES string of the molecule is COC(=O)C(Cc1cn(C)c2ccccc12)(N=C(c1ccccc1)c1ccccc1)C(C)(C)c1ccccc1. The van der Waals surface area contributed by atoms with Gasteiger partial charge in [-0.25, -0.2) is 4.79 Å². The highest BCUT2D eigenvalue weighted by atomic mass is 16.5. The van der Waals surface area contributed by atoms with Crippen LogP contribution < -0.4 is 0 Å². The number of aryl methyl sites for hydroxylation is 1. The van der Waals surface area contributed by atoms with Crippen molar-refractivity contribution in [1.29, 1.82) is 0 Å². The van der Waals surface area contributed by atoms with Crippen LogP contribution in [-0.2, 0) is 28.4 Å². The number of hydrogen-bond donors (Lipinski definition) is 0. The summed E-state index contributed by atoms with van der Waals surface area (Å²) in [6, 6.07) is 38.6. The molecule has 0 spiro atoms. The minimum absolute atomic E-state index is 0.367. The molecule has 5 aromatic rings. The Morgan fingerprint density at radius 1 is 0.769 bits per heavy atom. The number of hydrogen-bond acceptors (Lipinski definition) is 3. The van der Waals surface area contributed by atoms with Gasteiger partial charge in [0, 0.05) is 47.1 Å². The van der Waals surface area contributed by atoms with Crippen LogP contribution >= 0.6 is 0 Å². The zero-order valence-electron chi connectivity index (χ0n) is 23.0. The maximum atomic E-state index is 14.3. The van der Waals surface area contributed by atoms with Crippen molar-refractivity contribution in [3.63, 3.8) is 0 Å². The highest BCUT2D eigenvalue weighted by Gasteiger charge is 2.54. The van der Waals surface area contributed by atoms with E-state index < -0.39 is 11.0 Å². The lowest BCUT2D eigenvalue weighted by Gasteiger charge is -2.42. The van der Waals surface area contributed by atoms with E-state index in [4.69, 9.17) is 9.73 Å². The number of rotatable bonds is 8. The molecule has 1 aromatic heterocycles. The van der Waals surface area contributed by atoms with Crippen LogP contribution in [0, 0.1) is 0 Å². The van der Waals surface area contributed by atoms with E-state index in [0.29, 0.717) is 6.42 Å². The van der Waals surface area contributed by atoms with Gasteiger partial charge < -0.3 is 9.30 Å². The van der Waals surface area contributed by atoms with Crippen LogP contribution in [0.15, 0.2) is 126 Å². The van der Waals surface area contributed by atoms with Crippen LogP contribution in [0.5, 0.6) is 0 Å². The molecule has 1 heterocycles. The fourth-order valence-electron chi connectivity index (χ4n) is 5.56. The molecular weight excluding hydrogens is 480 g/mol. The second-order valence-corrected chi connectivity index (χ2v) is 10.5. The topological polar surface area (TPSA) is 43.6 Å². The number of aromatic nitrogens is 1. The van der Waals surface area contributed by atoms with Crippen molar-refractivity contribution in [2.45, 2.75) is 31.2 Å². The van der Waals surface area contributed by atoms with Crippen molar-refractivity contribution in [3.05, 3.63) is 144 Å². The van der Waals surface area contributed by atoms with Crippen LogP contribution in [0.3, 0.4) is 0 Å². The molecule has 4 heteroatoms. The first-order valence-electron chi connectivity index (χ1n) is 13.2. The zero-order valence-corrected chi connectivity index (χ0v) is 23.0. The largest absolute Gasteiger partial charge is 0.467 e. The van der Waals surface area contributed by atoms with E-state index >= 15 is 0 Å². The van der Waals surface area contributed by atoms with Gasteiger partial charge in [0.2, 0.25) is 0 Å². The van der Waals surface area contributed by atoms with Gasteiger partial charge in [-0.1, -0.05) is 123 Å². The highest BCUT2D eigenvalue weighted by Crippen LogP contribution is 2.43. The van der Waals surface area contributed by atoms with Crippen LogP contribution in [0.2, 0.25) is 0 Å². The van der Waals surface area contributed by atoms with E-state index in [1.807, 2.05) is 98.0 Å². The number of methoxy groups -OCH3 is 1. The van der Waals surface area contributed by atoms with Gasteiger partial charge in [0.05, 0.1) is 12.8 Å². The van der Waals surface area contributed by atoms with Crippen molar-refractivity contribution < 1.29 is 9.53 Å². The third-order valence-electron chi connectivity index (χ3n) is 7.88. The van der Waals surface area contributed by atoms with Gasteiger partial charge in [-0.15, -0.1) is 0 Å². The lowest BCUT2D eigenvalue weighted by Crippen LogP contribution is -2.55. The summed E-state index contributed by atoms with van der Waals surface area (Å²) in [4.78, 5) is 19.8. The van der Waals surface area contributed by atoms with E-state index in [9.17, 15) is 4.79 Å². The molecule has 0 saturated carbocycles. The molecule has 39 heavy (non-hydrogen) atoms. The smallest absolute Gasteiger partial charge is 0.335 e. The molecule has 0 fully saturated rings. The van der Waals surface area contributed by atoms with Crippen LogP contribution in [-0.4, -0.2) is 28.9 Å². The summed E-state index contributed by atoms with van der Waals surface area (Å²) in [5.74, 6) is -0.367. The molecule has 5 rings (SSSR count). The van der Waals surface area contributed by atoms with Crippen molar-refractivity contribution in [2.75, 3.05) is 7.11 Å². The Hall–Kier alpha value is -4.44. The molecule has 0 aliphatic heterocycles. The normalized spacial score (nSPS) is 13.0. The number of ether oxygens (including phenoxy) is 1. The summed E-state index contributed by atoms with van der Waals surface area (Å²) >= 11 is 0. The Morgan fingerprint density at radius 3 is 1.85 bits per heavy atom. The molecule has 0 amide bonds. The lowest BCUT2D eigenvalue weighted by molar-refractivity contribution is -0.149. The first-order valence-corrected chi connectivity index (χ1v) is 13.2. The number of carbonyl (C=O) groups excluding carboxylic acids is 1. The van der Waals surface area contributed by atoms with Gasteiger partial charge >= 0.3 is 5.97 Å². The molecule has 0 saturated heterocycles. The van der Waals surface area contributed by atoms with E-state index in [2.05, 4.69) is 48.9 Å². The maximum Gasteiger partial charge on any atom is 0.335 e. The fraction of sp³-hybridized carbons (Fsp3) is 0.200. The fourth-order valence-corrected chi connectivity index (χ4v) is 5.56. The second-order valence-electron chi connectivity index (χ2n) is 10.5. The molecule has 0 bridgehead atoms. The molecule has 1 unspecified atom stereocenters. The van der Waals surface area contributed by atoms with Crippen LogP contribution in [0.4, 0.5) is 0 Å². The lowest BCUT2D eigenvalue weighted by atomic mass is 9.65. The van der Waals surface area contributed by atoms with Gasteiger partial charge in [-0.2, -0.15) is 0 Å². The van der Waals surface area contributed by atoms with Crippen LogP contribution in [0.1, 0.15) is 36.1 Å². The Morgan fingerprint density at radius 2 is 1.28 bits per heavy atom. The average Bonchev–Trinajstić information content (AvgIpc) is 3.30. The molecule has 4 aromatic carbocycles. The molecule has 196 valence electrons. The third kappa shape index (κ3) is 4.79. The van der Waals surface area contributed by atoms with E-state index in [1.165, 1.54) is 7.11 Å². The Balaban J connectivity index is 1.85. The summed E-state index contributed by atoms with van der Waals surface area (Å²) in [6.45, 7) is 4.20. The molecule has 4 nitrogen and oxygen atoms in total. The molecule has 0 N–H and O–H groups in total. The molecule has 0 radical (unpaired) electrons. The average molecular weight is 515 g/mol. The Kier molecular flexibility index (Phi) is 7.21. The molecular formula is C35H34N2O2. The number of esters is 1. The van der Waals surface area contributed by atoms with Crippen molar-refractivity contribution in [1.82, 2.24) is 4.57 Å². The van der Waals surface area contributed by atoms with Crippen molar-refractivity contribution >= 4 is 22.6 Å². The predicted octanol–water partition coefficient (Wildman–Crippen LogP) is 7.15. The number of nitrogens with zero attached hydrogens (tertiary/aromatic N) is 2. The number of aliphatic imine (C=N–C) groups is 1. The van der Waals surface area contributed by atoms with E-state index in [1.54, 1.807) is 0 Å². The summed E-state index contributed by atoms with van der Waals surface area (Å²) < 4.78 is 7.75. The summed E-state index contributed by atoms with van der Waals surface area (Å²) in [6.07, 6.45) is 2.48. The Bertz CT molecular complexity index is 1560. The Labute approximate surface area is 230 Å².